The number of amides is 1. The summed E-state index contributed by atoms with van der Waals surface area (Å²) in [6.07, 6.45) is 3.19. The molecule has 1 fully saturated rings. The summed E-state index contributed by atoms with van der Waals surface area (Å²) in [5.74, 6) is 0.306. The van der Waals surface area contributed by atoms with Crippen molar-refractivity contribution in [2.75, 3.05) is 13.1 Å². The third-order valence-electron chi connectivity index (χ3n) is 3.45. The molecule has 106 valence electrons. The van der Waals surface area contributed by atoms with Crippen LogP contribution in [0.5, 0.6) is 0 Å². The number of hydrogen-bond acceptors (Lipinski definition) is 3. The zero-order valence-corrected chi connectivity index (χ0v) is 11.3. The predicted octanol–water partition coefficient (Wildman–Crippen LogP) is 2.38. The van der Waals surface area contributed by atoms with E-state index in [1.54, 1.807) is 0 Å². The minimum Gasteiger partial charge on any atom is -0.368 e. The summed E-state index contributed by atoms with van der Waals surface area (Å²) in [5, 5.41) is 6.55. The minimum absolute atomic E-state index is 0.395. The third-order valence-corrected chi connectivity index (χ3v) is 3.45. The maximum atomic E-state index is 11.5. The number of hydrogen-bond donors (Lipinski definition) is 2. The van der Waals surface area contributed by atoms with Gasteiger partial charge in [-0.15, -0.1) is 0 Å². The molecule has 6 nitrogen and oxygen atoms in total. The summed E-state index contributed by atoms with van der Waals surface area (Å²) in [6.45, 7) is 0.993. The predicted molar refractivity (Wildman–Crippen MR) is 77.0 cm³/mol. The average molecular weight is 273 g/mol. The lowest BCUT2D eigenvalue weighted by atomic mass is 10.0. The van der Waals surface area contributed by atoms with Crippen molar-refractivity contribution in [1.29, 1.82) is 0 Å². The van der Waals surface area contributed by atoms with Crippen LogP contribution >= 0.6 is 0 Å². The second-order valence-corrected chi connectivity index (χ2v) is 5.04. The van der Waals surface area contributed by atoms with Crippen LogP contribution in [0.3, 0.4) is 0 Å². The van der Waals surface area contributed by atoms with Crippen molar-refractivity contribution in [2.24, 2.45) is 10.8 Å². The van der Waals surface area contributed by atoms with E-state index >= 15 is 0 Å². The molecular weight excluding hydrogens is 254 g/mol. The zero-order valence-electron chi connectivity index (χ0n) is 11.3. The summed E-state index contributed by atoms with van der Waals surface area (Å²) < 4.78 is 0. The van der Waals surface area contributed by atoms with Crippen molar-refractivity contribution in [1.82, 2.24) is 5.32 Å². The maximum absolute atomic E-state index is 11.5. The molecule has 1 aliphatic rings. The molecule has 1 aromatic rings. The van der Waals surface area contributed by atoms with Gasteiger partial charge in [-0.2, -0.15) is 0 Å². The molecule has 0 bridgehead atoms. The van der Waals surface area contributed by atoms with Gasteiger partial charge in [0, 0.05) is 11.5 Å². The van der Waals surface area contributed by atoms with Gasteiger partial charge in [0.1, 0.15) is 6.04 Å². The normalized spacial score (nSPS) is 15.4. The molecule has 1 aromatic carbocycles. The molecule has 1 unspecified atom stereocenters. The van der Waals surface area contributed by atoms with Crippen LogP contribution in [0.15, 0.2) is 29.4 Å². The van der Waals surface area contributed by atoms with Crippen LogP contribution in [-0.2, 0) is 4.79 Å². The Balaban J connectivity index is 1.92. The first-order chi connectivity index (χ1) is 9.72. The Labute approximate surface area is 118 Å². The number of nitrogens with two attached hydrogens (primary N) is 1. The maximum Gasteiger partial charge on any atom is 0.239 e. The summed E-state index contributed by atoms with van der Waals surface area (Å²) in [4.78, 5) is 14.2. The van der Waals surface area contributed by atoms with E-state index in [-0.39, 0.29) is 0 Å². The van der Waals surface area contributed by atoms with Gasteiger partial charge in [-0.25, -0.2) is 0 Å². The monoisotopic (exact) mass is 273 g/mol. The minimum atomic E-state index is -0.491. The van der Waals surface area contributed by atoms with E-state index in [2.05, 4.69) is 27.5 Å². The van der Waals surface area contributed by atoms with E-state index in [0.29, 0.717) is 25.4 Å². The first-order valence-corrected chi connectivity index (χ1v) is 6.86. The molecule has 0 saturated heterocycles. The van der Waals surface area contributed by atoms with Crippen LogP contribution in [0.25, 0.3) is 10.4 Å². The molecule has 6 heteroatoms. The molecule has 0 heterocycles. The summed E-state index contributed by atoms with van der Waals surface area (Å²) in [5.41, 5.74) is 15.8. The Morgan fingerprint density at radius 3 is 2.70 bits per heavy atom. The number of nitrogens with one attached hydrogen (secondary N) is 1. The van der Waals surface area contributed by atoms with Gasteiger partial charge in [0.05, 0.1) is 0 Å². The summed E-state index contributed by atoms with van der Waals surface area (Å²) >= 11 is 0. The highest BCUT2D eigenvalue weighted by Gasteiger charge is 2.24. The SMILES string of the molecule is [N-]=[N+]=NCCCNC(C(N)=O)c1ccc(C2CC2)cc1. The zero-order chi connectivity index (χ0) is 14.4. The topological polar surface area (TPSA) is 104 Å². The average Bonchev–Trinajstić information content (AvgIpc) is 3.27. The molecule has 0 aliphatic heterocycles. The van der Waals surface area contributed by atoms with Crippen molar-refractivity contribution in [3.63, 3.8) is 0 Å². The summed E-state index contributed by atoms with van der Waals surface area (Å²) in [6, 6.07) is 7.58. The van der Waals surface area contributed by atoms with E-state index in [9.17, 15) is 4.79 Å². The molecular formula is C14H19N5O. The lowest BCUT2D eigenvalue weighted by Crippen LogP contribution is -2.34. The molecule has 1 atom stereocenters. The molecule has 3 N–H and O–H groups in total. The fourth-order valence-corrected chi connectivity index (χ4v) is 2.20. The van der Waals surface area contributed by atoms with Crippen LogP contribution < -0.4 is 11.1 Å². The number of carbonyl (C=O) groups is 1. The molecule has 0 aromatic heterocycles. The Morgan fingerprint density at radius 2 is 2.15 bits per heavy atom. The first-order valence-electron chi connectivity index (χ1n) is 6.86. The highest BCUT2D eigenvalue weighted by molar-refractivity contribution is 5.81. The fraction of sp³-hybridized carbons (Fsp3) is 0.500. The van der Waals surface area contributed by atoms with Gasteiger partial charge >= 0.3 is 0 Å². The summed E-state index contributed by atoms with van der Waals surface area (Å²) in [7, 11) is 0. The van der Waals surface area contributed by atoms with Crippen molar-refractivity contribution in [3.05, 3.63) is 45.8 Å². The van der Waals surface area contributed by atoms with Crippen LogP contribution in [0.1, 0.15) is 42.3 Å². The molecule has 0 spiro atoms. The van der Waals surface area contributed by atoms with Crippen LogP contribution in [0, 0.1) is 0 Å². The number of azide groups is 1. The largest absolute Gasteiger partial charge is 0.368 e. The molecule has 20 heavy (non-hydrogen) atoms. The van der Waals surface area contributed by atoms with E-state index in [1.165, 1.54) is 18.4 Å². The van der Waals surface area contributed by atoms with Gasteiger partial charge in [-0.1, -0.05) is 29.4 Å². The Morgan fingerprint density at radius 1 is 1.45 bits per heavy atom. The van der Waals surface area contributed by atoms with E-state index in [1.807, 2.05) is 12.1 Å². The van der Waals surface area contributed by atoms with Crippen LogP contribution in [-0.4, -0.2) is 19.0 Å². The third kappa shape index (κ3) is 3.98. The van der Waals surface area contributed by atoms with Gasteiger partial charge < -0.3 is 11.1 Å². The standard InChI is InChI=1S/C14H19N5O/c15-14(20)13(17-8-1-9-18-19-16)12-6-4-11(5-7-12)10-2-3-10/h4-7,10,13,17H,1-3,8-9H2,(H2,15,20). The van der Waals surface area contributed by atoms with Crippen molar-refractivity contribution in [3.8, 4) is 0 Å². The second kappa shape index (κ2) is 6.93. The molecule has 2 rings (SSSR count). The van der Waals surface area contributed by atoms with Gasteiger partial charge in [-0.3, -0.25) is 4.79 Å². The van der Waals surface area contributed by atoms with Gasteiger partial charge in [0.25, 0.3) is 0 Å². The van der Waals surface area contributed by atoms with Crippen LogP contribution in [0.4, 0.5) is 0 Å². The van der Waals surface area contributed by atoms with Gasteiger partial charge in [0.15, 0.2) is 0 Å². The highest BCUT2D eigenvalue weighted by atomic mass is 16.1. The van der Waals surface area contributed by atoms with E-state index < -0.39 is 11.9 Å². The molecule has 1 amide bonds. The Hall–Kier alpha value is -2.04. The van der Waals surface area contributed by atoms with Crippen molar-refractivity contribution in [2.45, 2.75) is 31.2 Å². The van der Waals surface area contributed by atoms with Crippen LogP contribution in [0.2, 0.25) is 0 Å². The smallest absolute Gasteiger partial charge is 0.239 e. The lowest BCUT2D eigenvalue weighted by molar-refractivity contribution is -0.120. The number of rotatable bonds is 8. The van der Waals surface area contributed by atoms with E-state index in [4.69, 9.17) is 11.3 Å². The number of benzene rings is 1. The first kappa shape index (κ1) is 14.4. The van der Waals surface area contributed by atoms with Gasteiger partial charge in [-0.05, 0) is 48.4 Å². The van der Waals surface area contributed by atoms with Gasteiger partial charge in [0.2, 0.25) is 5.91 Å². The highest BCUT2D eigenvalue weighted by Crippen LogP contribution is 2.40. The number of nitrogens with zero attached hydrogens (tertiary/aromatic N) is 3. The molecule has 1 saturated carbocycles. The second-order valence-electron chi connectivity index (χ2n) is 5.04. The van der Waals surface area contributed by atoms with Crippen molar-refractivity contribution < 1.29 is 4.79 Å². The van der Waals surface area contributed by atoms with Crippen molar-refractivity contribution >= 4 is 5.91 Å². The quantitative estimate of drug-likeness (QED) is 0.328. The fourth-order valence-electron chi connectivity index (χ4n) is 2.20. The Bertz CT molecular complexity index is 503. The number of primary amides is 1. The number of carbonyl (C=O) groups excluding carboxylic acids is 1. The molecule has 1 aliphatic carbocycles. The Kier molecular flexibility index (Phi) is 4.98. The lowest BCUT2D eigenvalue weighted by Gasteiger charge is -2.16. The van der Waals surface area contributed by atoms with E-state index in [0.717, 1.165) is 5.56 Å². The molecule has 0 radical (unpaired) electrons.